The summed E-state index contributed by atoms with van der Waals surface area (Å²) < 4.78 is 4.87. The molecule has 2 heterocycles. The van der Waals surface area contributed by atoms with Crippen LogP contribution in [0.3, 0.4) is 0 Å². The molecule has 3 rings (SSSR count). The van der Waals surface area contributed by atoms with Gasteiger partial charge in [-0.1, -0.05) is 59.7 Å². The van der Waals surface area contributed by atoms with Crippen LogP contribution >= 0.6 is 0 Å². The van der Waals surface area contributed by atoms with Gasteiger partial charge in [-0.15, -0.1) is 9.36 Å². The van der Waals surface area contributed by atoms with E-state index in [1.54, 1.807) is 0 Å². The van der Waals surface area contributed by atoms with Gasteiger partial charge in [0.05, 0.1) is 11.1 Å². The predicted molar refractivity (Wildman–Crippen MR) is 108 cm³/mol. The maximum absolute atomic E-state index is 5.19. The van der Waals surface area contributed by atoms with Crippen molar-refractivity contribution >= 4 is 0 Å². The maximum atomic E-state index is 5.19. The van der Waals surface area contributed by atoms with Gasteiger partial charge in [0.25, 0.3) is 5.82 Å². The summed E-state index contributed by atoms with van der Waals surface area (Å²) in [7, 11) is 0. The molecule has 142 valence electrons. The average molecular weight is 355 g/mol. The number of nitrogens with zero attached hydrogens (tertiary/aromatic N) is 3. The molecule has 0 unspecified atom stereocenters. The van der Waals surface area contributed by atoms with Crippen molar-refractivity contribution in [2.24, 2.45) is 0 Å². The van der Waals surface area contributed by atoms with Crippen LogP contribution in [0.15, 0.2) is 18.2 Å². The number of fused-ring (bicyclic) bond motifs is 3. The largest absolute Gasteiger partial charge is 0.316 e. The first-order valence-electron chi connectivity index (χ1n) is 10.3. The molecule has 0 amide bonds. The maximum Gasteiger partial charge on any atom is 0.316 e. The van der Waals surface area contributed by atoms with Crippen LogP contribution in [0.25, 0.3) is 5.69 Å². The van der Waals surface area contributed by atoms with Crippen LogP contribution in [0.4, 0.5) is 0 Å². The molecule has 0 saturated carbocycles. The lowest BCUT2D eigenvalue weighted by Crippen LogP contribution is -2.55. The molecule has 1 aromatic carbocycles. The van der Waals surface area contributed by atoms with Crippen LogP contribution in [-0.2, 0) is 10.8 Å². The first kappa shape index (κ1) is 19.1. The van der Waals surface area contributed by atoms with Gasteiger partial charge in [0.1, 0.15) is 6.04 Å². The Bertz CT molecular complexity index is 820. The van der Waals surface area contributed by atoms with E-state index in [-0.39, 0.29) is 10.8 Å². The van der Waals surface area contributed by atoms with E-state index in [0.29, 0.717) is 12.0 Å². The van der Waals surface area contributed by atoms with Crippen molar-refractivity contribution in [1.29, 1.82) is 0 Å². The Morgan fingerprint density at radius 3 is 2.19 bits per heavy atom. The van der Waals surface area contributed by atoms with Crippen molar-refractivity contribution in [3.63, 3.8) is 0 Å². The van der Waals surface area contributed by atoms with Crippen LogP contribution in [0.2, 0.25) is 0 Å². The van der Waals surface area contributed by atoms with E-state index in [0.717, 1.165) is 18.7 Å². The van der Waals surface area contributed by atoms with E-state index in [2.05, 4.69) is 89.9 Å². The molecular weight excluding hydrogens is 318 g/mol. The van der Waals surface area contributed by atoms with Gasteiger partial charge in [0, 0.05) is 12.3 Å². The SMILES string of the molecule is CCC1(CC)c2nc(C)[n+](C(C)C)n2-c2c(C(C)C)cccc2C1(C)C. The monoisotopic (exact) mass is 354 g/mol. The van der Waals surface area contributed by atoms with Crippen molar-refractivity contribution in [2.75, 3.05) is 0 Å². The van der Waals surface area contributed by atoms with Gasteiger partial charge < -0.3 is 0 Å². The molecule has 0 spiro atoms. The second kappa shape index (κ2) is 6.21. The Hall–Kier alpha value is -1.64. The molecule has 1 aromatic heterocycles. The minimum Gasteiger partial charge on any atom is -0.146 e. The Morgan fingerprint density at radius 1 is 1.08 bits per heavy atom. The summed E-state index contributed by atoms with van der Waals surface area (Å²) in [5.41, 5.74) is 4.34. The average Bonchev–Trinajstić information content (AvgIpc) is 2.92. The standard InChI is InChI=1S/C23H36N3/c1-10-23(11-2)21-24-17(7)25(16(5)6)26(21)20-18(15(3)4)13-12-14-19(20)22(23,8)9/h12-16H,10-11H2,1-9H3/q+1. The molecule has 0 fully saturated rings. The van der Waals surface area contributed by atoms with E-state index in [4.69, 9.17) is 4.98 Å². The summed E-state index contributed by atoms with van der Waals surface area (Å²) in [5, 5.41) is 0. The number of aromatic nitrogens is 3. The molecule has 0 radical (unpaired) electrons. The molecule has 26 heavy (non-hydrogen) atoms. The van der Waals surface area contributed by atoms with Crippen LogP contribution in [0.1, 0.15) is 103 Å². The van der Waals surface area contributed by atoms with E-state index in [1.165, 1.54) is 22.6 Å². The number of hydrogen-bond donors (Lipinski definition) is 0. The second-order valence-electron chi connectivity index (χ2n) is 9.05. The third-order valence-electron chi connectivity index (χ3n) is 6.91. The molecular formula is C23H36N3+. The lowest BCUT2D eigenvalue weighted by Gasteiger charge is -2.48. The Balaban J connectivity index is 2.54. The molecule has 1 aliphatic heterocycles. The summed E-state index contributed by atoms with van der Waals surface area (Å²) in [6, 6.07) is 7.27. The highest BCUT2D eigenvalue weighted by atomic mass is 15.5. The molecule has 3 heteroatoms. The van der Waals surface area contributed by atoms with Crippen molar-refractivity contribution in [3.8, 4) is 5.69 Å². The fraction of sp³-hybridized carbons (Fsp3) is 0.652. The first-order chi connectivity index (χ1) is 12.1. The summed E-state index contributed by atoms with van der Waals surface area (Å²) in [6.07, 6.45) is 2.19. The van der Waals surface area contributed by atoms with Crippen LogP contribution in [0, 0.1) is 6.92 Å². The van der Waals surface area contributed by atoms with E-state index >= 15 is 0 Å². The van der Waals surface area contributed by atoms with E-state index in [1.807, 2.05) is 0 Å². The zero-order valence-corrected chi connectivity index (χ0v) is 18.1. The highest BCUT2D eigenvalue weighted by Gasteiger charge is 2.56. The molecule has 0 saturated heterocycles. The molecule has 1 aliphatic rings. The Kier molecular flexibility index (Phi) is 4.57. The van der Waals surface area contributed by atoms with Gasteiger partial charge in [-0.2, -0.15) is 0 Å². The molecule has 0 aliphatic carbocycles. The fourth-order valence-electron chi connectivity index (χ4n) is 5.38. The van der Waals surface area contributed by atoms with Crippen LogP contribution < -0.4 is 4.68 Å². The van der Waals surface area contributed by atoms with Crippen LogP contribution in [-0.4, -0.2) is 9.67 Å². The first-order valence-corrected chi connectivity index (χ1v) is 10.3. The second-order valence-corrected chi connectivity index (χ2v) is 9.05. The van der Waals surface area contributed by atoms with E-state index < -0.39 is 0 Å². The minimum absolute atomic E-state index is 0.0410. The van der Waals surface area contributed by atoms with Gasteiger partial charge in [-0.25, -0.2) is 0 Å². The van der Waals surface area contributed by atoms with Crippen LogP contribution in [0.5, 0.6) is 0 Å². The number of aryl methyl sites for hydroxylation is 1. The smallest absolute Gasteiger partial charge is 0.146 e. The summed E-state index contributed by atoms with van der Waals surface area (Å²) in [4.78, 5) is 5.19. The van der Waals surface area contributed by atoms with Gasteiger partial charge in [-0.3, -0.25) is 0 Å². The summed E-state index contributed by atoms with van der Waals surface area (Å²) in [6.45, 7) is 20.8. The van der Waals surface area contributed by atoms with E-state index in [9.17, 15) is 0 Å². The Labute approximate surface area is 159 Å². The fourth-order valence-corrected chi connectivity index (χ4v) is 5.38. The molecule has 0 bridgehead atoms. The quantitative estimate of drug-likeness (QED) is 0.662. The van der Waals surface area contributed by atoms with Gasteiger partial charge in [0.2, 0.25) is 0 Å². The van der Waals surface area contributed by atoms with Gasteiger partial charge in [0.15, 0.2) is 0 Å². The summed E-state index contributed by atoms with van der Waals surface area (Å²) in [5.74, 6) is 2.84. The zero-order chi connectivity index (χ0) is 19.4. The molecule has 3 nitrogen and oxygen atoms in total. The molecule has 0 N–H and O–H groups in total. The van der Waals surface area contributed by atoms with Crippen molar-refractivity contribution in [1.82, 2.24) is 9.67 Å². The van der Waals surface area contributed by atoms with Crippen molar-refractivity contribution in [3.05, 3.63) is 41.0 Å². The number of benzene rings is 1. The lowest BCUT2D eigenvalue weighted by molar-refractivity contribution is -0.790. The number of hydrogen-bond acceptors (Lipinski definition) is 1. The highest BCUT2D eigenvalue weighted by Crippen LogP contribution is 2.54. The Morgan fingerprint density at radius 2 is 1.69 bits per heavy atom. The minimum atomic E-state index is 0.0410. The topological polar surface area (TPSA) is 21.7 Å². The predicted octanol–water partition coefficient (Wildman–Crippen LogP) is 5.52. The number of rotatable bonds is 4. The van der Waals surface area contributed by atoms with Crippen molar-refractivity contribution < 1.29 is 4.68 Å². The normalized spacial score (nSPS) is 17.5. The highest BCUT2D eigenvalue weighted by molar-refractivity contribution is 5.57. The third kappa shape index (κ3) is 2.25. The molecule has 0 atom stereocenters. The third-order valence-corrected chi connectivity index (χ3v) is 6.91. The lowest BCUT2D eigenvalue weighted by atomic mass is 9.56. The summed E-state index contributed by atoms with van der Waals surface area (Å²) >= 11 is 0. The number of para-hydroxylation sites is 1. The van der Waals surface area contributed by atoms with Gasteiger partial charge in [-0.05, 0) is 48.7 Å². The zero-order valence-electron chi connectivity index (χ0n) is 18.1. The molecule has 2 aromatic rings. The van der Waals surface area contributed by atoms with Crippen molar-refractivity contribution in [2.45, 2.75) is 97.9 Å². The van der Waals surface area contributed by atoms with Gasteiger partial charge >= 0.3 is 5.82 Å².